The summed E-state index contributed by atoms with van der Waals surface area (Å²) in [5.41, 5.74) is 13.8. The van der Waals surface area contributed by atoms with E-state index in [1.54, 1.807) is 0 Å². The molecule has 3 heterocycles. The topological polar surface area (TPSA) is 22.8 Å². The molecule has 12 rings (SSSR count). The molecule has 0 aliphatic heterocycles. The first-order valence-electron chi connectivity index (χ1n) is 19.9. The van der Waals surface area contributed by atoms with E-state index in [1.165, 1.54) is 82.0 Å². The van der Waals surface area contributed by atoms with Crippen LogP contribution in [0, 0.1) is 5.92 Å². The molecule has 0 radical (unpaired) electrons. The normalized spacial score (nSPS) is 14.1. The molecular weight excluding hydrogens is 691 g/mol. The van der Waals surface area contributed by atoms with Crippen molar-refractivity contribution in [1.82, 2.24) is 14.1 Å². The molecule has 57 heavy (non-hydrogen) atoms. The molecule has 1 unspecified atom stereocenters. The van der Waals surface area contributed by atoms with Gasteiger partial charge in [0, 0.05) is 38.4 Å². The second-order valence-corrected chi connectivity index (χ2v) is 15.7. The maximum absolute atomic E-state index is 5.43. The fourth-order valence-corrected chi connectivity index (χ4v) is 9.44. The zero-order chi connectivity index (χ0) is 37.6. The summed E-state index contributed by atoms with van der Waals surface area (Å²) in [5, 5.41) is 9.80. The molecule has 0 saturated carbocycles. The Balaban J connectivity index is 1.18. The number of benzene rings is 8. The van der Waals surface area contributed by atoms with Crippen molar-refractivity contribution in [2.45, 2.75) is 13.3 Å². The van der Waals surface area contributed by atoms with E-state index in [-0.39, 0.29) is 0 Å². The van der Waals surface area contributed by atoms with Crippen LogP contribution in [0.5, 0.6) is 0 Å². The van der Waals surface area contributed by atoms with E-state index >= 15 is 0 Å². The molecule has 0 saturated heterocycles. The van der Waals surface area contributed by atoms with Crippen LogP contribution >= 0.6 is 0 Å². The van der Waals surface area contributed by atoms with Crippen LogP contribution in [0.3, 0.4) is 0 Å². The lowest BCUT2D eigenvalue weighted by Crippen LogP contribution is -2.04. The van der Waals surface area contributed by atoms with Gasteiger partial charge in [-0.2, -0.15) is 0 Å². The Labute approximate surface area is 330 Å². The van der Waals surface area contributed by atoms with Crippen molar-refractivity contribution < 1.29 is 0 Å². The van der Waals surface area contributed by atoms with Crippen LogP contribution in [0.4, 0.5) is 0 Å². The number of nitrogens with zero attached hydrogens (tertiary/aromatic N) is 3. The van der Waals surface area contributed by atoms with Crippen LogP contribution in [0.15, 0.2) is 182 Å². The average molecular weight is 728 g/mol. The van der Waals surface area contributed by atoms with Crippen LogP contribution in [-0.4, -0.2) is 14.1 Å². The second kappa shape index (κ2) is 12.4. The second-order valence-electron chi connectivity index (χ2n) is 15.7. The number of fused-ring (bicyclic) bond motifs is 10. The molecular formula is C54H37N3. The number of hydrogen-bond acceptors (Lipinski definition) is 1. The Morgan fingerprint density at radius 1 is 0.474 bits per heavy atom. The van der Waals surface area contributed by atoms with Gasteiger partial charge in [0.1, 0.15) is 0 Å². The highest BCUT2D eigenvalue weighted by Gasteiger charge is 2.22. The fourth-order valence-electron chi connectivity index (χ4n) is 9.44. The van der Waals surface area contributed by atoms with Gasteiger partial charge < -0.3 is 9.13 Å². The van der Waals surface area contributed by atoms with Gasteiger partial charge in [-0.15, -0.1) is 0 Å². The zero-order valence-electron chi connectivity index (χ0n) is 31.5. The Kier molecular flexibility index (Phi) is 6.97. The van der Waals surface area contributed by atoms with E-state index in [4.69, 9.17) is 4.98 Å². The Morgan fingerprint density at radius 2 is 1.09 bits per heavy atom. The van der Waals surface area contributed by atoms with Gasteiger partial charge >= 0.3 is 0 Å². The molecule has 1 aliphatic rings. The van der Waals surface area contributed by atoms with Gasteiger partial charge in [-0.1, -0.05) is 140 Å². The third-order valence-corrected chi connectivity index (χ3v) is 12.2. The summed E-state index contributed by atoms with van der Waals surface area (Å²) in [4.78, 5) is 5.43. The van der Waals surface area contributed by atoms with E-state index in [1.807, 2.05) is 0 Å². The minimum absolute atomic E-state index is 0.559. The van der Waals surface area contributed by atoms with Gasteiger partial charge in [-0.3, -0.25) is 0 Å². The van der Waals surface area contributed by atoms with Crippen LogP contribution in [0.25, 0.3) is 105 Å². The molecule has 0 fully saturated rings. The molecule has 3 nitrogen and oxygen atoms in total. The number of aromatic nitrogens is 3. The largest absolute Gasteiger partial charge is 0.309 e. The fraction of sp³-hybridized carbons (Fsp3) is 0.0556. The van der Waals surface area contributed by atoms with Gasteiger partial charge in [-0.05, 0) is 99.6 Å². The minimum Gasteiger partial charge on any atom is -0.309 e. The molecule has 3 aromatic heterocycles. The first-order valence-corrected chi connectivity index (χ1v) is 19.9. The Hall–Kier alpha value is -7.23. The molecule has 1 aliphatic carbocycles. The Bertz CT molecular complexity index is 3370. The molecule has 3 heteroatoms. The third-order valence-electron chi connectivity index (χ3n) is 12.2. The quantitative estimate of drug-likeness (QED) is 0.177. The highest BCUT2D eigenvalue weighted by molar-refractivity contribution is 6.26. The summed E-state index contributed by atoms with van der Waals surface area (Å²) in [5.74, 6) is 0.559. The SMILES string of the molecule is CC1C=Cc2cc(-n3c4ccccc4c4c3ccc3c5ccccc5n(-c5cc(-c6ccc7ccccc7c6)nc(-c6ccc7ccccc7c6)c5)c34)ccc2C1. The third kappa shape index (κ3) is 5.02. The smallest absolute Gasteiger partial charge is 0.0730 e. The standard InChI is InChI=1S/C54H37N3/c1-34-18-19-40-31-43(25-24-39(40)28-34)56-51-17-9-7-15-47(51)53-52(56)27-26-46-45-14-6-8-16-50(45)57(54(46)53)44-32-48(41-22-20-35-10-2-4-12-37(35)29-41)55-49(33-44)42-23-21-36-11-3-5-13-38(36)30-42/h2-27,29-34H,28H2,1H3. The van der Waals surface area contributed by atoms with Crippen molar-refractivity contribution in [1.29, 1.82) is 0 Å². The number of allylic oxidation sites excluding steroid dienone is 1. The summed E-state index contributed by atoms with van der Waals surface area (Å²) in [7, 11) is 0. The van der Waals surface area contributed by atoms with Gasteiger partial charge in [0.25, 0.3) is 0 Å². The highest BCUT2D eigenvalue weighted by atomic mass is 15.0. The number of pyridine rings is 1. The molecule has 11 aromatic rings. The predicted octanol–water partition coefficient (Wildman–Crippen LogP) is 14.1. The minimum atomic E-state index is 0.559. The van der Waals surface area contributed by atoms with Crippen LogP contribution in [-0.2, 0) is 6.42 Å². The molecule has 0 spiro atoms. The average Bonchev–Trinajstić information content (AvgIpc) is 3.79. The van der Waals surface area contributed by atoms with Crippen LogP contribution < -0.4 is 0 Å². The van der Waals surface area contributed by atoms with E-state index in [0.717, 1.165) is 34.6 Å². The van der Waals surface area contributed by atoms with Crippen molar-refractivity contribution in [2.75, 3.05) is 0 Å². The van der Waals surface area contributed by atoms with Crippen molar-refractivity contribution >= 4 is 71.2 Å². The van der Waals surface area contributed by atoms with E-state index in [0.29, 0.717) is 5.92 Å². The number of rotatable bonds is 4. The number of hydrogen-bond donors (Lipinski definition) is 0. The molecule has 0 amide bonds. The van der Waals surface area contributed by atoms with Crippen molar-refractivity contribution in [3.63, 3.8) is 0 Å². The van der Waals surface area contributed by atoms with Crippen LogP contribution in [0.1, 0.15) is 18.1 Å². The Morgan fingerprint density at radius 3 is 1.79 bits per heavy atom. The lowest BCUT2D eigenvalue weighted by molar-refractivity contribution is 0.717. The summed E-state index contributed by atoms with van der Waals surface area (Å²) < 4.78 is 4.96. The zero-order valence-corrected chi connectivity index (χ0v) is 31.5. The maximum atomic E-state index is 5.43. The monoisotopic (exact) mass is 727 g/mol. The number of para-hydroxylation sites is 2. The summed E-state index contributed by atoms with van der Waals surface area (Å²) in [6.07, 6.45) is 5.72. The lowest BCUT2D eigenvalue weighted by atomic mass is 9.90. The lowest BCUT2D eigenvalue weighted by Gasteiger charge is -2.18. The maximum Gasteiger partial charge on any atom is 0.0730 e. The highest BCUT2D eigenvalue weighted by Crippen LogP contribution is 2.43. The summed E-state index contributed by atoms with van der Waals surface area (Å²) in [6.45, 7) is 2.29. The summed E-state index contributed by atoms with van der Waals surface area (Å²) in [6, 6.07) is 64.6. The molecule has 0 N–H and O–H groups in total. The van der Waals surface area contributed by atoms with E-state index in [2.05, 4.69) is 204 Å². The van der Waals surface area contributed by atoms with E-state index < -0.39 is 0 Å². The van der Waals surface area contributed by atoms with Crippen molar-refractivity contribution in [3.05, 3.63) is 193 Å². The molecule has 268 valence electrons. The first kappa shape index (κ1) is 32.1. The van der Waals surface area contributed by atoms with Gasteiger partial charge in [-0.25, -0.2) is 4.98 Å². The van der Waals surface area contributed by atoms with Crippen LogP contribution in [0.2, 0.25) is 0 Å². The van der Waals surface area contributed by atoms with Gasteiger partial charge in [0.05, 0.1) is 39.1 Å². The molecule has 0 bridgehead atoms. The van der Waals surface area contributed by atoms with E-state index in [9.17, 15) is 0 Å². The van der Waals surface area contributed by atoms with Crippen molar-refractivity contribution in [2.24, 2.45) is 5.92 Å². The van der Waals surface area contributed by atoms with Crippen molar-refractivity contribution in [3.8, 4) is 33.9 Å². The summed E-state index contributed by atoms with van der Waals surface area (Å²) >= 11 is 0. The first-order chi connectivity index (χ1) is 28.1. The van der Waals surface area contributed by atoms with Gasteiger partial charge in [0.15, 0.2) is 0 Å². The molecule has 8 aromatic carbocycles. The van der Waals surface area contributed by atoms with Gasteiger partial charge in [0.2, 0.25) is 0 Å². The molecule has 1 atom stereocenters. The predicted molar refractivity (Wildman–Crippen MR) is 241 cm³/mol.